The number of carbonyl (C=O) groups excluding carboxylic acids is 1. The third-order valence-electron chi connectivity index (χ3n) is 4.20. The Bertz CT molecular complexity index is 864. The molecule has 0 aromatic heterocycles. The predicted molar refractivity (Wildman–Crippen MR) is 107 cm³/mol. The van der Waals surface area contributed by atoms with Gasteiger partial charge in [0.1, 0.15) is 11.5 Å². The number of sulfonamides is 1. The van der Waals surface area contributed by atoms with Crippen LogP contribution < -0.4 is 19.5 Å². The molecule has 0 aliphatic carbocycles. The number of carbonyl (C=O) groups is 1. The van der Waals surface area contributed by atoms with Crippen LogP contribution in [0.25, 0.3) is 0 Å². The molecule has 0 radical (unpaired) electrons. The van der Waals surface area contributed by atoms with Crippen LogP contribution in [-0.4, -0.2) is 41.1 Å². The van der Waals surface area contributed by atoms with E-state index in [4.69, 9.17) is 9.47 Å². The molecule has 0 spiro atoms. The quantitative estimate of drug-likeness (QED) is 0.590. The number of ether oxygens (including phenoxy) is 2. The lowest BCUT2D eigenvalue weighted by molar-refractivity contribution is -0.122. The minimum atomic E-state index is -3.79. The van der Waals surface area contributed by atoms with Crippen LogP contribution in [0.3, 0.4) is 0 Å². The summed E-state index contributed by atoms with van der Waals surface area (Å²) in [5, 5.41) is 2.76. The van der Waals surface area contributed by atoms with Crippen molar-refractivity contribution in [2.24, 2.45) is 0 Å². The van der Waals surface area contributed by atoms with Crippen molar-refractivity contribution in [2.45, 2.75) is 30.7 Å². The molecule has 7 nitrogen and oxygen atoms in total. The predicted octanol–water partition coefficient (Wildman–Crippen LogP) is 2.12. The summed E-state index contributed by atoms with van der Waals surface area (Å²) in [5.41, 5.74) is 1.14. The Labute approximate surface area is 166 Å². The monoisotopic (exact) mass is 406 g/mol. The summed E-state index contributed by atoms with van der Waals surface area (Å²) >= 11 is 0. The highest BCUT2D eigenvalue weighted by Crippen LogP contribution is 2.15. The SMILES string of the molecule is COc1ccc(CCCNC(=O)[C@H](C)NS(=O)(=O)c2ccc(OC)cc2)cc1. The second-order valence-corrected chi connectivity index (χ2v) is 7.98. The molecule has 0 saturated carbocycles. The largest absolute Gasteiger partial charge is 0.497 e. The van der Waals surface area contributed by atoms with Gasteiger partial charge in [0.15, 0.2) is 0 Å². The number of hydrogen-bond donors (Lipinski definition) is 2. The van der Waals surface area contributed by atoms with Crippen LogP contribution in [0.15, 0.2) is 53.4 Å². The molecule has 0 unspecified atom stereocenters. The first-order valence-electron chi connectivity index (χ1n) is 8.92. The number of rotatable bonds is 10. The summed E-state index contributed by atoms with van der Waals surface area (Å²) < 4.78 is 37.3. The van der Waals surface area contributed by atoms with Crippen LogP contribution in [0.4, 0.5) is 0 Å². The van der Waals surface area contributed by atoms with Crippen LogP contribution in [0, 0.1) is 0 Å². The number of benzene rings is 2. The standard InChI is InChI=1S/C20H26N2O5S/c1-15(22-28(24,25)19-12-10-18(27-3)11-13-19)20(23)21-14-4-5-16-6-8-17(26-2)9-7-16/h6-13,15,22H,4-5,14H2,1-3H3,(H,21,23)/t15-/m0/s1. The van der Waals surface area contributed by atoms with E-state index in [-0.39, 0.29) is 10.8 Å². The highest BCUT2D eigenvalue weighted by molar-refractivity contribution is 7.89. The van der Waals surface area contributed by atoms with Gasteiger partial charge in [-0.25, -0.2) is 8.42 Å². The Morgan fingerprint density at radius 1 is 0.964 bits per heavy atom. The molecule has 1 amide bonds. The van der Waals surface area contributed by atoms with Crippen molar-refractivity contribution in [3.05, 3.63) is 54.1 Å². The Morgan fingerprint density at radius 3 is 2.04 bits per heavy atom. The van der Waals surface area contributed by atoms with E-state index < -0.39 is 16.1 Å². The van der Waals surface area contributed by atoms with Crippen molar-refractivity contribution in [3.8, 4) is 11.5 Å². The fourth-order valence-electron chi connectivity index (χ4n) is 2.56. The van der Waals surface area contributed by atoms with Gasteiger partial charge in [0.25, 0.3) is 0 Å². The lowest BCUT2D eigenvalue weighted by Gasteiger charge is -2.14. The van der Waals surface area contributed by atoms with Gasteiger partial charge < -0.3 is 14.8 Å². The fraction of sp³-hybridized carbons (Fsp3) is 0.350. The van der Waals surface area contributed by atoms with E-state index in [2.05, 4.69) is 10.0 Å². The Morgan fingerprint density at radius 2 is 1.50 bits per heavy atom. The molecule has 8 heteroatoms. The van der Waals surface area contributed by atoms with Gasteiger partial charge in [-0.05, 0) is 61.7 Å². The van der Waals surface area contributed by atoms with Crippen molar-refractivity contribution in [1.29, 1.82) is 0 Å². The lowest BCUT2D eigenvalue weighted by Crippen LogP contribution is -2.45. The van der Waals surface area contributed by atoms with Gasteiger partial charge in [0, 0.05) is 6.54 Å². The van der Waals surface area contributed by atoms with Crippen LogP contribution in [0.5, 0.6) is 11.5 Å². The molecule has 0 heterocycles. The van der Waals surface area contributed by atoms with Gasteiger partial charge in [0.2, 0.25) is 15.9 Å². The minimum absolute atomic E-state index is 0.0763. The number of amides is 1. The van der Waals surface area contributed by atoms with Gasteiger partial charge >= 0.3 is 0 Å². The average Bonchev–Trinajstić information content (AvgIpc) is 2.71. The third kappa shape index (κ3) is 6.24. The Kier molecular flexibility index (Phi) is 7.83. The van der Waals surface area contributed by atoms with E-state index in [1.165, 1.54) is 26.2 Å². The maximum absolute atomic E-state index is 12.4. The summed E-state index contributed by atoms with van der Waals surface area (Å²) in [6.45, 7) is 1.97. The molecule has 28 heavy (non-hydrogen) atoms. The smallest absolute Gasteiger partial charge is 0.241 e. The second kappa shape index (κ2) is 10.1. The molecule has 0 saturated heterocycles. The van der Waals surface area contributed by atoms with Crippen molar-refractivity contribution in [1.82, 2.24) is 10.0 Å². The molecule has 0 fully saturated rings. The van der Waals surface area contributed by atoms with Crippen LogP contribution in [0.1, 0.15) is 18.9 Å². The average molecular weight is 407 g/mol. The van der Waals surface area contributed by atoms with E-state index in [9.17, 15) is 13.2 Å². The third-order valence-corrected chi connectivity index (χ3v) is 5.75. The summed E-state index contributed by atoms with van der Waals surface area (Å²) in [6.07, 6.45) is 1.55. The second-order valence-electron chi connectivity index (χ2n) is 6.26. The summed E-state index contributed by atoms with van der Waals surface area (Å²) in [7, 11) is -0.666. The zero-order valence-corrected chi connectivity index (χ0v) is 17.1. The van der Waals surface area contributed by atoms with Crippen molar-refractivity contribution < 1.29 is 22.7 Å². The van der Waals surface area contributed by atoms with Gasteiger partial charge in [-0.1, -0.05) is 12.1 Å². The first kappa shape index (κ1) is 21.7. The Hall–Kier alpha value is -2.58. The zero-order valence-electron chi connectivity index (χ0n) is 16.3. The maximum Gasteiger partial charge on any atom is 0.241 e. The van der Waals surface area contributed by atoms with E-state index in [1.54, 1.807) is 19.2 Å². The van der Waals surface area contributed by atoms with Gasteiger partial charge in [-0.2, -0.15) is 4.72 Å². The molecule has 2 aromatic rings. The number of methoxy groups -OCH3 is 2. The topological polar surface area (TPSA) is 93.7 Å². The molecule has 2 rings (SSSR count). The van der Waals surface area contributed by atoms with Crippen molar-refractivity contribution >= 4 is 15.9 Å². The molecule has 0 aliphatic rings. The van der Waals surface area contributed by atoms with E-state index >= 15 is 0 Å². The summed E-state index contributed by atoms with van der Waals surface area (Å²) in [6, 6.07) is 12.8. The lowest BCUT2D eigenvalue weighted by atomic mass is 10.1. The fourth-order valence-corrected chi connectivity index (χ4v) is 3.76. The number of aryl methyl sites for hydroxylation is 1. The van der Waals surface area contributed by atoms with Crippen molar-refractivity contribution in [3.63, 3.8) is 0 Å². The van der Waals surface area contributed by atoms with E-state index in [1.807, 2.05) is 24.3 Å². The van der Waals surface area contributed by atoms with Crippen LogP contribution in [0.2, 0.25) is 0 Å². The molecule has 0 bridgehead atoms. The highest BCUT2D eigenvalue weighted by atomic mass is 32.2. The molecular weight excluding hydrogens is 380 g/mol. The summed E-state index contributed by atoms with van der Waals surface area (Å²) in [5.74, 6) is 0.989. The summed E-state index contributed by atoms with van der Waals surface area (Å²) in [4.78, 5) is 12.2. The first-order chi connectivity index (χ1) is 13.4. The van der Waals surface area contributed by atoms with Crippen LogP contribution >= 0.6 is 0 Å². The molecule has 152 valence electrons. The van der Waals surface area contributed by atoms with Crippen LogP contribution in [-0.2, 0) is 21.2 Å². The van der Waals surface area contributed by atoms with Gasteiger partial charge in [-0.3, -0.25) is 4.79 Å². The molecule has 2 N–H and O–H groups in total. The highest BCUT2D eigenvalue weighted by Gasteiger charge is 2.21. The minimum Gasteiger partial charge on any atom is -0.497 e. The van der Waals surface area contributed by atoms with Crippen molar-refractivity contribution in [2.75, 3.05) is 20.8 Å². The molecule has 1 atom stereocenters. The molecular formula is C20H26N2O5S. The zero-order chi connectivity index (χ0) is 20.6. The molecule has 2 aromatic carbocycles. The van der Waals surface area contributed by atoms with E-state index in [0.717, 1.165) is 24.2 Å². The Balaban J connectivity index is 1.79. The maximum atomic E-state index is 12.4. The molecule has 0 aliphatic heterocycles. The van der Waals surface area contributed by atoms with Gasteiger partial charge in [-0.15, -0.1) is 0 Å². The normalized spacial score (nSPS) is 12.2. The number of nitrogens with one attached hydrogen (secondary N) is 2. The van der Waals surface area contributed by atoms with E-state index in [0.29, 0.717) is 12.3 Å². The first-order valence-corrected chi connectivity index (χ1v) is 10.4. The number of hydrogen-bond acceptors (Lipinski definition) is 5. The van der Waals surface area contributed by atoms with Gasteiger partial charge in [0.05, 0.1) is 25.2 Å².